The third-order valence-electron chi connectivity index (χ3n) is 5.18. The van der Waals surface area contributed by atoms with Crippen LogP contribution in [0, 0.1) is 0 Å². The Morgan fingerprint density at radius 3 is 2.13 bits per heavy atom. The van der Waals surface area contributed by atoms with E-state index in [1.807, 2.05) is 91.1 Å². The lowest BCUT2D eigenvalue weighted by atomic mass is 9.90. The fraction of sp³-hybridized carbons (Fsp3) is 0.0385. The molecule has 31 heavy (non-hydrogen) atoms. The van der Waals surface area contributed by atoms with E-state index in [0.29, 0.717) is 5.13 Å². The zero-order valence-electron chi connectivity index (χ0n) is 16.6. The first-order chi connectivity index (χ1) is 15.3. The molecule has 0 radical (unpaired) electrons. The lowest BCUT2D eigenvalue weighted by Crippen LogP contribution is -2.22. The molecule has 0 bridgehead atoms. The van der Waals surface area contributed by atoms with Crippen LogP contribution in [0.1, 0.15) is 17.0 Å². The fourth-order valence-corrected chi connectivity index (χ4v) is 4.59. The molecule has 1 N–H and O–H groups in total. The first-order valence-electron chi connectivity index (χ1n) is 10.0. The van der Waals surface area contributed by atoms with Crippen LogP contribution < -0.4 is 5.32 Å². The Hall–Kier alpha value is -3.83. The second kappa shape index (κ2) is 8.50. The van der Waals surface area contributed by atoms with Gasteiger partial charge >= 0.3 is 0 Å². The number of carbonyl (C=O) groups excluding carboxylic acids is 1. The van der Waals surface area contributed by atoms with Gasteiger partial charge in [-0.3, -0.25) is 9.78 Å². The highest BCUT2D eigenvalue weighted by Crippen LogP contribution is 2.34. The van der Waals surface area contributed by atoms with E-state index in [4.69, 9.17) is 0 Å². The van der Waals surface area contributed by atoms with Gasteiger partial charge in [-0.15, -0.1) is 0 Å². The summed E-state index contributed by atoms with van der Waals surface area (Å²) in [5.74, 6) is -0.505. The number of amides is 1. The maximum atomic E-state index is 13.3. The largest absolute Gasteiger partial charge is 0.301 e. The van der Waals surface area contributed by atoms with Gasteiger partial charge in [-0.25, -0.2) is 4.98 Å². The van der Waals surface area contributed by atoms with Gasteiger partial charge in [0.15, 0.2) is 5.13 Å². The van der Waals surface area contributed by atoms with Gasteiger partial charge in [-0.2, -0.15) is 0 Å². The molecule has 3 aromatic carbocycles. The van der Waals surface area contributed by atoms with Crippen molar-refractivity contribution in [1.82, 2.24) is 9.97 Å². The van der Waals surface area contributed by atoms with Gasteiger partial charge in [0.2, 0.25) is 5.91 Å². The third-order valence-corrected chi connectivity index (χ3v) is 6.12. The summed E-state index contributed by atoms with van der Waals surface area (Å²) in [5.41, 5.74) is 3.89. The number of carbonyl (C=O) groups is 1. The van der Waals surface area contributed by atoms with Crippen molar-refractivity contribution in [2.24, 2.45) is 0 Å². The number of nitrogens with zero attached hydrogens (tertiary/aromatic N) is 2. The second-order valence-electron chi connectivity index (χ2n) is 7.15. The maximum Gasteiger partial charge on any atom is 0.238 e. The van der Waals surface area contributed by atoms with E-state index in [1.165, 1.54) is 11.3 Å². The highest BCUT2D eigenvalue weighted by atomic mass is 32.1. The summed E-state index contributed by atoms with van der Waals surface area (Å²) < 4.78 is 0. The summed E-state index contributed by atoms with van der Waals surface area (Å²) in [7, 11) is 0. The van der Waals surface area contributed by atoms with Crippen molar-refractivity contribution in [3.63, 3.8) is 0 Å². The van der Waals surface area contributed by atoms with Crippen LogP contribution in [0.4, 0.5) is 5.13 Å². The molecule has 5 heteroatoms. The summed E-state index contributed by atoms with van der Waals surface area (Å²) >= 11 is 1.47. The van der Waals surface area contributed by atoms with E-state index in [1.54, 1.807) is 6.20 Å². The Morgan fingerprint density at radius 2 is 1.42 bits per heavy atom. The molecule has 0 unspecified atom stereocenters. The lowest BCUT2D eigenvalue weighted by Gasteiger charge is -2.17. The number of thiazole rings is 1. The van der Waals surface area contributed by atoms with Crippen LogP contribution >= 0.6 is 11.3 Å². The molecule has 2 aromatic heterocycles. The van der Waals surface area contributed by atoms with Crippen molar-refractivity contribution in [2.75, 3.05) is 5.32 Å². The molecular formula is C26H19N3OS. The first kappa shape index (κ1) is 19.2. The second-order valence-corrected chi connectivity index (χ2v) is 8.18. The van der Waals surface area contributed by atoms with E-state index < -0.39 is 5.92 Å². The monoisotopic (exact) mass is 421 g/mol. The number of aromatic nitrogens is 2. The van der Waals surface area contributed by atoms with E-state index >= 15 is 0 Å². The van der Waals surface area contributed by atoms with E-state index in [0.717, 1.165) is 32.5 Å². The molecule has 0 fully saturated rings. The topological polar surface area (TPSA) is 54.9 Å². The number of nitrogens with one attached hydrogen (secondary N) is 1. The highest BCUT2D eigenvalue weighted by molar-refractivity contribution is 7.19. The normalized spacial score (nSPS) is 11.0. The Morgan fingerprint density at radius 1 is 0.774 bits per heavy atom. The van der Waals surface area contributed by atoms with Gasteiger partial charge in [-0.1, -0.05) is 90.2 Å². The maximum absolute atomic E-state index is 13.3. The van der Waals surface area contributed by atoms with Crippen LogP contribution in [0.25, 0.3) is 21.3 Å². The molecule has 0 saturated carbocycles. The average molecular weight is 422 g/mol. The first-order valence-corrected chi connectivity index (χ1v) is 10.8. The van der Waals surface area contributed by atoms with Crippen molar-refractivity contribution in [3.8, 4) is 10.4 Å². The van der Waals surface area contributed by atoms with Crippen LogP contribution in [0.2, 0.25) is 0 Å². The van der Waals surface area contributed by atoms with Gasteiger partial charge in [0.05, 0.1) is 16.3 Å². The molecule has 150 valence electrons. The van der Waals surface area contributed by atoms with Gasteiger partial charge < -0.3 is 5.32 Å². The molecule has 2 heterocycles. The SMILES string of the molecule is O=C(Nc1ncc(-c2ccnc3ccccc23)s1)C(c1ccccc1)c1ccccc1. The molecule has 0 spiro atoms. The van der Waals surface area contributed by atoms with Crippen LogP contribution in [0.3, 0.4) is 0 Å². The summed E-state index contributed by atoms with van der Waals surface area (Å²) in [6.07, 6.45) is 3.61. The van der Waals surface area contributed by atoms with E-state index in [-0.39, 0.29) is 5.91 Å². The third kappa shape index (κ3) is 3.96. The number of hydrogen-bond acceptors (Lipinski definition) is 4. The number of anilines is 1. The molecular weight excluding hydrogens is 402 g/mol. The average Bonchev–Trinajstić information content (AvgIpc) is 3.28. The van der Waals surface area contributed by atoms with Gasteiger partial charge in [0.1, 0.15) is 0 Å². The minimum absolute atomic E-state index is 0.0992. The zero-order chi connectivity index (χ0) is 21.0. The van der Waals surface area contributed by atoms with Crippen LogP contribution in [0.5, 0.6) is 0 Å². The van der Waals surface area contributed by atoms with Crippen LogP contribution in [-0.2, 0) is 4.79 Å². The van der Waals surface area contributed by atoms with Crippen molar-refractivity contribution in [2.45, 2.75) is 5.92 Å². The Kier molecular flexibility index (Phi) is 5.25. The fourth-order valence-electron chi connectivity index (χ4n) is 3.73. The minimum atomic E-state index is -0.406. The summed E-state index contributed by atoms with van der Waals surface area (Å²) in [6, 6.07) is 29.6. The number of hydrogen-bond donors (Lipinski definition) is 1. The molecule has 0 atom stereocenters. The Labute approximate surface area is 184 Å². The molecule has 0 saturated heterocycles. The molecule has 4 nitrogen and oxygen atoms in total. The standard InChI is InChI=1S/C26H19N3OS/c30-25(24(18-9-3-1-4-10-18)19-11-5-2-6-12-19)29-26-28-17-23(31-26)21-15-16-27-22-14-8-7-13-20(21)22/h1-17,24H,(H,28,29,30). The van der Waals surface area contributed by atoms with Crippen LogP contribution in [0.15, 0.2) is 103 Å². The van der Waals surface area contributed by atoms with Crippen molar-refractivity contribution in [1.29, 1.82) is 0 Å². The Balaban J connectivity index is 1.45. The number of pyridine rings is 1. The minimum Gasteiger partial charge on any atom is -0.301 e. The summed E-state index contributed by atoms with van der Waals surface area (Å²) in [6.45, 7) is 0. The smallest absolute Gasteiger partial charge is 0.238 e. The molecule has 5 rings (SSSR count). The molecule has 5 aromatic rings. The van der Waals surface area contributed by atoms with Crippen molar-refractivity contribution < 1.29 is 4.79 Å². The molecule has 1 amide bonds. The van der Waals surface area contributed by atoms with Gasteiger partial charge in [0, 0.05) is 23.3 Å². The Bertz CT molecular complexity index is 1290. The van der Waals surface area contributed by atoms with Gasteiger partial charge in [-0.05, 0) is 23.3 Å². The van der Waals surface area contributed by atoms with Gasteiger partial charge in [0.25, 0.3) is 0 Å². The zero-order valence-corrected chi connectivity index (χ0v) is 17.4. The number of para-hydroxylation sites is 1. The van der Waals surface area contributed by atoms with Crippen molar-refractivity contribution in [3.05, 3.63) is 115 Å². The predicted octanol–water partition coefficient (Wildman–Crippen LogP) is 6.13. The van der Waals surface area contributed by atoms with Crippen LogP contribution in [-0.4, -0.2) is 15.9 Å². The summed E-state index contributed by atoms with van der Waals surface area (Å²) in [4.78, 5) is 23.2. The van der Waals surface area contributed by atoms with E-state index in [2.05, 4.69) is 21.4 Å². The predicted molar refractivity (Wildman–Crippen MR) is 126 cm³/mol. The number of fused-ring (bicyclic) bond motifs is 1. The molecule has 0 aliphatic carbocycles. The van der Waals surface area contributed by atoms with Crippen molar-refractivity contribution >= 4 is 33.3 Å². The highest BCUT2D eigenvalue weighted by Gasteiger charge is 2.23. The number of benzene rings is 3. The quantitative estimate of drug-likeness (QED) is 0.371. The molecule has 0 aliphatic rings. The molecule has 0 aliphatic heterocycles. The number of rotatable bonds is 5. The summed E-state index contributed by atoms with van der Waals surface area (Å²) in [5, 5.41) is 4.68. The van der Waals surface area contributed by atoms with E-state index in [9.17, 15) is 4.79 Å². The lowest BCUT2D eigenvalue weighted by molar-refractivity contribution is -0.116.